The zero-order valence-corrected chi connectivity index (χ0v) is 22.4. The highest BCUT2D eigenvalue weighted by molar-refractivity contribution is 7.80. The number of hydrogen-bond donors (Lipinski definition) is 7. The van der Waals surface area contributed by atoms with Gasteiger partial charge in [-0.2, -0.15) is 12.6 Å². The van der Waals surface area contributed by atoms with Crippen LogP contribution in [0.1, 0.15) is 31.4 Å². The second-order valence-corrected chi connectivity index (χ2v) is 9.87. The number of carboxylic acids is 1. The molecule has 0 bridgehead atoms. The fourth-order valence-corrected chi connectivity index (χ4v) is 4.01. The van der Waals surface area contributed by atoms with Gasteiger partial charge in [0, 0.05) is 12.2 Å². The van der Waals surface area contributed by atoms with E-state index >= 15 is 0 Å². The van der Waals surface area contributed by atoms with Gasteiger partial charge in [-0.1, -0.05) is 56.3 Å². The van der Waals surface area contributed by atoms with Crippen LogP contribution in [-0.4, -0.2) is 63.8 Å². The SMILES string of the molecule is CC(C)CC(NC(=O)C(Cc1ccccc1)NC(=O)C(CS)NC(=O)C(N)Cc1ccc(O)cc1)C(=O)O. The Hall–Kier alpha value is -3.57. The van der Waals surface area contributed by atoms with Crippen LogP contribution < -0.4 is 21.7 Å². The van der Waals surface area contributed by atoms with Gasteiger partial charge in [0.1, 0.15) is 23.9 Å². The van der Waals surface area contributed by atoms with Gasteiger partial charge in [-0.3, -0.25) is 14.4 Å². The van der Waals surface area contributed by atoms with Crippen molar-refractivity contribution in [3.63, 3.8) is 0 Å². The lowest BCUT2D eigenvalue weighted by Crippen LogP contribution is -2.58. The predicted octanol–water partition coefficient (Wildman–Crippen LogP) is 1.02. The van der Waals surface area contributed by atoms with E-state index in [4.69, 9.17) is 5.73 Å². The molecule has 2 aromatic rings. The first kappa shape index (κ1) is 30.7. The highest BCUT2D eigenvalue weighted by Crippen LogP contribution is 2.11. The summed E-state index contributed by atoms with van der Waals surface area (Å²) in [6, 6.07) is 11.0. The standard InChI is InChI=1S/C27H36N4O6S/c1-16(2)12-22(27(36)37)30-25(34)21(14-17-6-4-3-5-7-17)29-26(35)23(15-38)31-24(33)20(28)13-18-8-10-19(32)11-9-18/h3-11,16,20-23,32,38H,12-15,28H2,1-2H3,(H,29,35)(H,30,34)(H,31,33)(H,36,37). The fourth-order valence-electron chi connectivity index (χ4n) is 3.75. The third kappa shape index (κ3) is 10.1. The Labute approximate surface area is 227 Å². The normalized spacial score (nSPS) is 14.1. The number of carbonyl (C=O) groups excluding carboxylic acids is 3. The topological polar surface area (TPSA) is 171 Å². The lowest BCUT2D eigenvalue weighted by molar-refractivity contribution is -0.142. The molecule has 0 fully saturated rings. The van der Waals surface area contributed by atoms with Crippen LogP contribution in [0.4, 0.5) is 0 Å². The Morgan fingerprint density at radius 1 is 0.789 bits per heavy atom. The number of nitrogens with one attached hydrogen (secondary N) is 3. The summed E-state index contributed by atoms with van der Waals surface area (Å²) < 4.78 is 0. The number of aliphatic carboxylic acids is 1. The summed E-state index contributed by atoms with van der Waals surface area (Å²) in [4.78, 5) is 50.6. The predicted molar refractivity (Wildman–Crippen MR) is 147 cm³/mol. The molecule has 0 aliphatic heterocycles. The Bertz CT molecular complexity index is 1080. The van der Waals surface area contributed by atoms with E-state index in [1.54, 1.807) is 36.4 Å². The maximum Gasteiger partial charge on any atom is 0.326 e. The number of thiol groups is 1. The van der Waals surface area contributed by atoms with Gasteiger partial charge >= 0.3 is 5.97 Å². The number of hydrogen-bond acceptors (Lipinski definition) is 7. The van der Waals surface area contributed by atoms with E-state index < -0.39 is 47.9 Å². The molecule has 0 radical (unpaired) electrons. The first-order valence-corrected chi connectivity index (χ1v) is 13.0. The number of benzene rings is 2. The first-order chi connectivity index (χ1) is 18.0. The molecule has 0 saturated heterocycles. The van der Waals surface area contributed by atoms with Gasteiger partial charge in [-0.05, 0) is 42.0 Å². The molecule has 4 atom stereocenters. The quantitative estimate of drug-likeness (QED) is 0.174. The van der Waals surface area contributed by atoms with E-state index in [1.807, 2.05) is 19.9 Å². The van der Waals surface area contributed by atoms with E-state index in [1.165, 1.54) is 12.1 Å². The second-order valence-electron chi connectivity index (χ2n) is 9.50. The molecule has 0 aliphatic rings. The van der Waals surface area contributed by atoms with Gasteiger partial charge in [0.15, 0.2) is 0 Å². The van der Waals surface area contributed by atoms with Crippen LogP contribution in [0.5, 0.6) is 5.75 Å². The highest BCUT2D eigenvalue weighted by atomic mass is 32.1. The molecule has 7 N–H and O–H groups in total. The zero-order chi connectivity index (χ0) is 28.2. The van der Waals surface area contributed by atoms with Gasteiger partial charge in [-0.15, -0.1) is 0 Å². The molecular formula is C27H36N4O6S. The minimum Gasteiger partial charge on any atom is -0.508 e. The van der Waals surface area contributed by atoms with Crippen LogP contribution in [0.3, 0.4) is 0 Å². The van der Waals surface area contributed by atoms with Crippen molar-refractivity contribution in [1.29, 1.82) is 0 Å². The first-order valence-electron chi connectivity index (χ1n) is 12.3. The summed E-state index contributed by atoms with van der Waals surface area (Å²) in [5.41, 5.74) is 7.50. The van der Waals surface area contributed by atoms with Crippen molar-refractivity contribution < 1.29 is 29.4 Å². The summed E-state index contributed by atoms with van der Waals surface area (Å²) >= 11 is 4.18. The monoisotopic (exact) mass is 544 g/mol. The van der Waals surface area contributed by atoms with Crippen molar-refractivity contribution in [3.05, 3.63) is 65.7 Å². The van der Waals surface area contributed by atoms with Crippen molar-refractivity contribution in [3.8, 4) is 5.75 Å². The number of carbonyl (C=O) groups is 4. The molecule has 0 spiro atoms. The minimum atomic E-state index is -1.17. The fraction of sp³-hybridized carbons (Fsp3) is 0.407. The molecule has 2 rings (SSSR count). The number of phenols is 1. The average molecular weight is 545 g/mol. The highest BCUT2D eigenvalue weighted by Gasteiger charge is 2.30. The van der Waals surface area contributed by atoms with Crippen LogP contribution in [0.25, 0.3) is 0 Å². The molecule has 206 valence electrons. The molecule has 11 heteroatoms. The van der Waals surface area contributed by atoms with Crippen molar-refractivity contribution in [2.24, 2.45) is 11.7 Å². The van der Waals surface area contributed by atoms with E-state index in [0.717, 1.165) is 11.1 Å². The minimum absolute atomic E-state index is 0.0214. The summed E-state index contributed by atoms with van der Waals surface area (Å²) in [5.74, 6) is -3.01. The molecule has 3 amide bonds. The number of nitrogens with two attached hydrogens (primary N) is 1. The van der Waals surface area contributed by atoms with Gasteiger partial charge in [0.25, 0.3) is 0 Å². The molecule has 4 unspecified atom stereocenters. The Kier molecular flexibility index (Phi) is 12.1. The van der Waals surface area contributed by atoms with Crippen LogP contribution in [0.2, 0.25) is 0 Å². The third-order valence-corrected chi connectivity index (χ3v) is 6.15. The van der Waals surface area contributed by atoms with Crippen LogP contribution in [0.15, 0.2) is 54.6 Å². The van der Waals surface area contributed by atoms with E-state index in [9.17, 15) is 29.4 Å². The molecule has 2 aromatic carbocycles. The van der Waals surface area contributed by atoms with Gasteiger partial charge < -0.3 is 31.9 Å². The molecule has 0 aromatic heterocycles. The molecule has 10 nitrogen and oxygen atoms in total. The number of rotatable bonds is 14. The molecular weight excluding hydrogens is 508 g/mol. The lowest BCUT2D eigenvalue weighted by atomic mass is 10.0. The van der Waals surface area contributed by atoms with Crippen molar-refractivity contribution >= 4 is 36.3 Å². The zero-order valence-electron chi connectivity index (χ0n) is 21.5. The summed E-state index contributed by atoms with van der Waals surface area (Å²) in [7, 11) is 0. The number of phenolic OH excluding ortho intramolecular Hbond substituents is 1. The van der Waals surface area contributed by atoms with Crippen molar-refractivity contribution in [2.45, 2.75) is 57.3 Å². The number of amides is 3. The van der Waals surface area contributed by atoms with Crippen LogP contribution >= 0.6 is 12.6 Å². The molecule has 38 heavy (non-hydrogen) atoms. The lowest BCUT2D eigenvalue weighted by Gasteiger charge is -2.25. The Balaban J connectivity index is 2.11. The Morgan fingerprint density at radius 3 is 1.87 bits per heavy atom. The Morgan fingerprint density at radius 2 is 1.32 bits per heavy atom. The van der Waals surface area contributed by atoms with Crippen LogP contribution in [0, 0.1) is 5.92 Å². The molecule has 0 aliphatic carbocycles. The largest absolute Gasteiger partial charge is 0.508 e. The maximum absolute atomic E-state index is 13.1. The third-order valence-electron chi connectivity index (χ3n) is 5.78. The summed E-state index contributed by atoms with van der Waals surface area (Å²) in [5, 5.41) is 26.7. The molecule has 0 heterocycles. The second kappa shape index (κ2) is 15.0. The van der Waals surface area contributed by atoms with E-state index in [0.29, 0.717) is 0 Å². The molecule has 0 saturated carbocycles. The summed E-state index contributed by atoms with van der Waals surface area (Å²) in [6.45, 7) is 3.69. The van der Waals surface area contributed by atoms with Crippen molar-refractivity contribution in [1.82, 2.24) is 16.0 Å². The van der Waals surface area contributed by atoms with Gasteiger partial charge in [0.05, 0.1) is 6.04 Å². The summed E-state index contributed by atoms with van der Waals surface area (Å²) in [6.07, 6.45) is 0.514. The van der Waals surface area contributed by atoms with Gasteiger partial charge in [0.2, 0.25) is 17.7 Å². The van der Waals surface area contributed by atoms with Gasteiger partial charge in [-0.25, -0.2) is 4.79 Å². The van der Waals surface area contributed by atoms with Crippen molar-refractivity contribution in [2.75, 3.05) is 5.75 Å². The smallest absolute Gasteiger partial charge is 0.326 e. The average Bonchev–Trinajstić information content (AvgIpc) is 2.87. The number of aromatic hydroxyl groups is 1. The van der Waals surface area contributed by atoms with E-state index in [2.05, 4.69) is 28.6 Å². The van der Waals surface area contributed by atoms with Crippen LogP contribution in [-0.2, 0) is 32.0 Å². The number of carboxylic acid groups (broad SMARTS) is 1. The maximum atomic E-state index is 13.1. The van der Waals surface area contributed by atoms with E-state index in [-0.39, 0.29) is 36.7 Å².